The predicted octanol–water partition coefficient (Wildman–Crippen LogP) is 4.43. The lowest BCUT2D eigenvalue weighted by atomic mass is 10.0. The van der Waals surface area contributed by atoms with Gasteiger partial charge in [0.1, 0.15) is 5.75 Å². The first-order chi connectivity index (χ1) is 8.40. The highest BCUT2D eigenvalue weighted by Gasteiger charge is 2.16. The minimum Gasteiger partial charge on any atom is -0.506 e. The maximum absolute atomic E-state index is 9.86. The lowest BCUT2D eigenvalue weighted by Crippen LogP contribution is -1.83. The van der Waals surface area contributed by atoms with E-state index in [0.717, 1.165) is 0 Å². The lowest BCUT2D eigenvalue weighted by molar-refractivity contribution is 0.405. The van der Waals surface area contributed by atoms with Crippen LogP contribution in [0.2, 0.25) is 15.1 Å². The Bertz CT molecular complexity index is 571. The molecule has 0 heterocycles. The molecule has 3 N–H and O–H groups in total. The summed E-state index contributed by atoms with van der Waals surface area (Å²) in [5.41, 5.74) is 0.324. The summed E-state index contributed by atoms with van der Waals surface area (Å²) in [6.45, 7) is 0. The first-order valence-electron chi connectivity index (χ1n) is 4.80. The van der Waals surface area contributed by atoms with Crippen molar-refractivity contribution in [2.24, 2.45) is 0 Å². The topological polar surface area (TPSA) is 60.7 Å². The Morgan fingerprint density at radius 2 is 1.17 bits per heavy atom. The van der Waals surface area contributed by atoms with E-state index in [9.17, 15) is 15.3 Å². The van der Waals surface area contributed by atoms with Crippen LogP contribution in [0.15, 0.2) is 24.3 Å². The zero-order chi connectivity index (χ0) is 13.4. The van der Waals surface area contributed by atoms with E-state index in [1.165, 1.54) is 24.3 Å². The minimum absolute atomic E-state index is 0.0383. The molecular formula is C12H7Cl3O3. The van der Waals surface area contributed by atoms with Crippen molar-refractivity contribution in [3.63, 3.8) is 0 Å². The van der Waals surface area contributed by atoms with Crippen LogP contribution in [0.25, 0.3) is 11.1 Å². The van der Waals surface area contributed by atoms with E-state index in [4.69, 9.17) is 34.8 Å². The fourth-order valence-electron chi connectivity index (χ4n) is 1.56. The van der Waals surface area contributed by atoms with Crippen molar-refractivity contribution in [3.05, 3.63) is 39.3 Å². The highest BCUT2D eigenvalue weighted by Crippen LogP contribution is 2.45. The fraction of sp³-hybridized carbons (Fsp3) is 0. The molecule has 2 aromatic rings. The molecule has 0 unspecified atom stereocenters. The van der Waals surface area contributed by atoms with Crippen molar-refractivity contribution < 1.29 is 15.3 Å². The zero-order valence-corrected chi connectivity index (χ0v) is 11.1. The molecule has 2 aromatic carbocycles. The minimum atomic E-state index is -0.409. The molecule has 0 fully saturated rings. The van der Waals surface area contributed by atoms with Gasteiger partial charge in [0.2, 0.25) is 0 Å². The lowest BCUT2D eigenvalue weighted by Gasteiger charge is -2.10. The van der Waals surface area contributed by atoms with Crippen LogP contribution in [0.4, 0.5) is 0 Å². The van der Waals surface area contributed by atoms with Crippen molar-refractivity contribution in [3.8, 4) is 28.4 Å². The smallest absolute Gasteiger partial charge is 0.165 e. The third kappa shape index (κ3) is 2.29. The van der Waals surface area contributed by atoms with Gasteiger partial charge in [0, 0.05) is 27.2 Å². The SMILES string of the molecule is Oc1cc(Cl)cc(-c2cc(Cl)cc(Cl)c2O)c1O. The van der Waals surface area contributed by atoms with Gasteiger partial charge < -0.3 is 15.3 Å². The zero-order valence-electron chi connectivity index (χ0n) is 8.78. The van der Waals surface area contributed by atoms with Crippen molar-refractivity contribution in [1.82, 2.24) is 0 Å². The number of aromatic hydroxyl groups is 3. The second kappa shape index (κ2) is 4.76. The Balaban J connectivity index is 2.77. The van der Waals surface area contributed by atoms with E-state index in [2.05, 4.69) is 0 Å². The van der Waals surface area contributed by atoms with Gasteiger partial charge in [-0.1, -0.05) is 34.8 Å². The van der Waals surface area contributed by atoms with Gasteiger partial charge in [-0.25, -0.2) is 0 Å². The van der Waals surface area contributed by atoms with E-state index in [1.54, 1.807) is 0 Å². The summed E-state index contributed by atoms with van der Waals surface area (Å²) in [5, 5.41) is 29.6. The molecule has 0 radical (unpaired) electrons. The summed E-state index contributed by atoms with van der Waals surface area (Å²) in [5.74, 6) is -1.06. The van der Waals surface area contributed by atoms with Crippen LogP contribution in [0.5, 0.6) is 17.2 Å². The number of benzene rings is 2. The van der Waals surface area contributed by atoms with Crippen molar-refractivity contribution in [1.29, 1.82) is 0 Å². The number of rotatable bonds is 1. The molecule has 0 spiro atoms. The molecule has 0 aromatic heterocycles. The predicted molar refractivity (Wildman–Crippen MR) is 71.9 cm³/mol. The molecule has 2 rings (SSSR count). The third-order valence-corrected chi connectivity index (χ3v) is 3.10. The Kier molecular flexibility index (Phi) is 3.48. The monoisotopic (exact) mass is 304 g/mol. The van der Waals surface area contributed by atoms with Gasteiger partial charge in [0.25, 0.3) is 0 Å². The normalized spacial score (nSPS) is 10.6. The van der Waals surface area contributed by atoms with Crippen LogP contribution in [0, 0.1) is 0 Å². The van der Waals surface area contributed by atoms with Crippen LogP contribution < -0.4 is 0 Å². The van der Waals surface area contributed by atoms with Gasteiger partial charge in [-0.15, -0.1) is 0 Å². The first kappa shape index (κ1) is 13.1. The van der Waals surface area contributed by atoms with Gasteiger partial charge in [-0.05, 0) is 18.2 Å². The van der Waals surface area contributed by atoms with E-state index >= 15 is 0 Å². The second-order valence-electron chi connectivity index (χ2n) is 3.60. The van der Waals surface area contributed by atoms with Crippen LogP contribution in [0.1, 0.15) is 0 Å². The molecule has 6 heteroatoms. The Morgan fingerprint density at radius 1 is 0.667 bits per heavy atom. The van der Waals surface area contributed by atoms with Gasteiger partial charge in [-0.2, -0.15) is 0 Å². The maximum Gasteiger partial charge on any atom is 0.165 e. The number of halogens is 3. The van der Waals surface area contributed by atoms with Gasteiger partial charge in [0.05, 0.1) is 5.02 Å². The Labute approximate surface area is 118 Å². The molecule has 0 aliphatic carbocycles. The molecule has 0 saturated heterocycles. The van der Waals surface area contributed by atoms with Crippen LogP contribution in [0.3, 0.4) is 0 Å². The Hall–Kier alpha value is -1.29. The van der Waals surface area contributed by atoms with Crippen LogP contribution >= 0.6 is 34.8 Å². The van der Waals surface area contributed by atoms with Crippen LogP contribution in [-0.2, 0) is 0 Å². The second-order valence-corrected chi connectivity index (χ2v) is 4.88. The van der Waals surface area contributed by atoms with Crippen molar-refractivity contribution in [2.75, 3.05) is 0 Å². The molecule has 0 aliphatic heterocycles. The maximum atomic E-state index is 9.86. The summed E-state index contributed by atoms with van der Waals surface area (Å²) < 4.78 is 0. The van der Waals surface area contributed by atoms with E-state index in [0.29, 0.717) is 0 Å². The van der Waals surface area contributed by atoms with E-state index in [-0.39, 0.29) is 31.9 Å². The molecule has 0 saturated carbocycles. The van der Waals surface area contributed by atoms with Gasteiger partial charge in [0.15, 0.2) is 11.5 Å². The number of phenolic OH excluding ortho intramolecular Hbond substituents is 3. The molecule has 18 heavy (non-hydrogen) atoms. The molecule has 0 atom stereocenters. The molecule has 0 bridgehead atoms. The quantitative estimate of drug-likeness (QED) is 0.683. The van der Waals surface area contributed by atoms with E-state index < -0.39 is 11.5 Å². The summed E-state index contributed by atoms with van der Waals surface area (Å²) in [6, 6.07) is 5.35. The number of hydrogen-bond acceptors (Lipinski definition) is 3. The van der Waals surface area contributed by atoms with Crippen LogP contribution in [-0.4, -0.2) is 15.3 Å². The first-order valence-corrected chi connectivity index (χ1v) is 5.93. The number of hydrogen-bond donors (Lipinski definition) is 3. The average molecular weight is 306 g/mol. The summed E-state index contributed by atoms with van der Waals surface area (Å²) in [4.78, 5) is 0. The Morgan fingerprint density at radius 3 is 1.78 bits per heavy atom. The molecule has 94 valence electrons. The summed E-state index contributed by atoms with van der Waals surface area (Å²) in [6.07, 6.45) is 0. The fourth-order valence-corrected chi connectivity index (χ4v) is 2.27. The van der Waals surface area contributed by atoms with Gasteiger partial charge >= 0.3 is 0 Å². The third-order valence-electron chi connectivity index (χ3n) is 2.37. The van der Waals surface area contributed by atoms with Crippen molar-refractivity contribution >= 4 is 34.8 Å². The van der Waals surface area contributed by atoms with Crippen molar-refractivity contribution in [2.45, 2.75) is 0 Å². The van der Waals surface area contributed by atoms with Gasteiger partial charge in [-0.3, -0.25) is 0 Å². The highest BCUT2D eigenvalue weighted by molar-refractivity contribution is 6.36. The van der Waals surface area contributed by atoms with E-state index in [1.807, 2.05) is 0 Å². The molecule has 3 nitrogen and oxygen atoms in total. The standard InChI is InChI=1S/C12H7Cl3O3/c13-5-1-7(11(17)9(15)3-5)8-2-6(14)4-10(16)12(8)18/h1-4,16-18H. The number of phenols is 3. The molecule has 0 aliphatic rings. The highest BCUT2D eigenvalue weighted by atomic mass is 35.5. The average Bonchev–Trinajstić information content (AvgIpc) is 2.28. The molecular weight excluding hydrogens is 298 g/mol. The summed E-state index contributed by atoms with van der Waals surface area (Å²) >= 11 is 17.4. The molecule has 0 amide bonds. The largest absolute Gasteiger partial charge is 0.506 e. The summed E-state index contributed by atoms with van der Waals surface area (Å²) in [7, 11) is 0.